The first-order chi connectivity index (χ1) is 8.68. The third-order valence-corrected chi connectivity index (χ3v) is 3.66. The Hall–Kier alpha value is -1.36. The average Bonchev–Trinajstić information content (AvgIpc) is 2.96. The molecule has 3 rings (SSSR count). The zero-order valence-electron chi connectivity index (χ0n) is 10.6. The van der Waals surface area contributed by atoms with Gasteiger partial charge in [-0.15, -0.1) is 0 Å². The number of fused-ring (bicyclic) bond motifs is 1. The third-order valence-electron chi connectivity index (χ3n) is 3.37. The maximum atomic E-state index is 6.32. The molecule has 0 atom stereocenters. The predicted molar refractivity (Wildman–Crippen MR) is 71.3 cm³/mol. The van der Waals surface area contributed by atoms with Crippen LogP contribution in [0.2, 0.25) is 5.15 Å². The summed E-state index contributed by atoms with van der Waals surface area (Å²) in [5, 5.41) is 4.84. The van der Waals surface area contributed by atoms with Gasteiger partial charge in [0.15, 0.2) is 0 Å². The molecule has 2 aromatic rings. The van der Waals surface area contributed by atoms with E-state index in [1.54, 1.807) is 0 Å². The van der Waals surface area contributed by atoms with Gasteiger partial charge in [-0.2, -0.15) is 19.6 Å². The Labute approximate surface area is 111 Å². The van der Waals surface area contributed by atoms with Crippen molar-refractivity contribution in [2.24, 2.45) is 0 Å². The van der Waals surface area contributed by atoms with Gasteiger partial charge in [-0.05, 0) is 18.8 Å². The summed E-state index contributed by atoms with van der Waals surface area (Å²) in [6.45, 7) is 6.36. The summed E-state index contributed by atoms with van der Waals surface area (Å²) in [4.78, 5) is 10.8. The highest BCUT2D eigenvalue weighted by Gasteiger charge is 2.24. The van der Waals surface area contributed by atoms with Crippen molar-refractivity contribution in [3.05, 3.63) is 17.0 Å². The lowest BCUT2D eigenvalue weighted by atomic mass is 10.1. The maximum absolute atomic E-state index is 6.32. The summed E-state index contributed by atoms with van der Waals surface area (Å²) in [5.74, 6) is 1.95. The van der Waals surface area contributed by atoms with Crippen LogP contribution >= 0.6 is 11.6 Å². The molecule has 6 heteroatoms. The molecule has 0 saturated carbocycles. The Balaban J connectivity index is 2.28. The highest BCUT2D eigenvalue weighted by atomic mass is 35.5. The van der Waals surface area contributed by atoms with E-state index in [1.165, 1.54) is 19.2 Å². The fourth-order valence-corrected chi connectivity index (χ4v) is 2.92. The molecule has 0 amide bonds. The molecule has 96 valence electrons. The highest BCUT2D eigenvalue weighted by Crippen LogP contribution is 2.34. The molecule has 2 aromatic heterocycles. The van der Waals surface area contributed by atoms with Crippen LogP contribution in [0.4, 0.5) is 5.82 Å². The number of rotatable bonds is 2. The van der Waals surface area contributed by atoms with Crippen molar-refractivity contribution >= 4 is 23.2 Å². The van der Waals surface area contributed by atoms with Crippen LogP contribution in [-0.4, -0.2) is 32.7 Å². The lowest BCUT2D eigenvalue weighted by Gasteiger charge is -2.23. The van der Waals surface area contributed by atoms with Crippen LogP contribution in [0.1, 0.15) is 38.2 Å². The average molecular weight is 266 g/mol. The molecular weight excluding hydrogens is 250 g/mol. The zero-order valence-corrected chi connectivity index (χ0v) is 11.4. The summed E-state index contributed by atoms with van der Waals surface area (Å²) in [6, 6.07) is 0. The van der Waals surface area contributed by atoms with Gasteiger partial charge in [-0.25, -0.2) is 0 Å². The monoisotopic (exact) mass is 265 g/mol. The lowest BCUT2D eigenvalue weighted by Crippen LogP contribution is -2.24. The molecule has 0 N–H and O–H groups in total. The van der Waals surface area contributed by atoms with Crippen molar-refractivity contribution in [1.29, 1.82) is 0 Å². The van der Waals surface area contributed by atoms with Crippen molar-refractivity contribution in [1.82, 2.24) is 19.6 Å². The van der Waals surface area contributed by atoms with Crippen LogP contribution in [0.15, 0.2) is 6.33 Å². The molecule has 0 aliphatic carbocycles. The minimum Gasteiger partial charge on any atom is -0.356 e. The minimum atomic E-state index is 0.314. The van der Waals surface area contributed by atoms with Crippen LogP contribution in [0.5, 0.6) is 0 Å². The first-order valence-corrected chi connectivity index (χ1v) is 6.70. The SMILES string of the molecule is CC(C)c1c(Cl)nc2ncnn2c1N1CCCC1. The fraction of sp³-hybridized carbons (Fsp3) is 0.583. The summed E-state index contributed by atoms with van der Waals surface area (Å²) in [7, 11) is 0. The number of nitrogens with zero attached hydrogens (tertiary/aromatic N) is 5. The number of anilines is 1. The molecule has 1 fully saturated rings. The molecule has 0 bridgehead atoms. The second-order valence-electron chi connectivity index (χ2n) is 4.96. The zero-order chi connectivity index (χ0) is 12.7. The van der Waals surface area contributed by atoms with Crippen LogP contribution in [0, 0.1) is 0 Å². The number of halogens is 1. The Morgan fingerprint density at radius 1 is 1.28 bits per heavy atom. The molecular formula is C12H16ClN5. The van der Waals surface area contributed by atoms with Gasteiger partial charge in [0.25, 0.3) is 5.78 Å². The molecule has 0 unspecified atom stereocenters. The van der Waals surface area contributed by atoms with E-state index in [0.717, 1.165) is 24.5 Å². The van der Waals surface area contributed by atoms with Crippen LogP contribution < -0.4 is 4.90 Å². The number of hydrogen-bond acceptors (Lipinski definition) is 4. The first-order valence-electron chi connectivity index (χ1n) is 6.32. The molecule has 1 aliphatic heterocycles. The van der Waals surface area contributed by atoms with E-state index in [0.29, 0.717) is 16.8 Å². The minimum absolute atomic E-state index is 0.314. The van der Waals surface area contributed by atoms with E-state index in [9.17, 15) is 0 Å². The van der Waals surface area contributed by atoms with Crippen LogP contribution in [0.3, 0.4) is 0 Å². The fourth-order valence-electron chi connectivity index (χ4n) is 2.55. The van der Waals surface area contributed by atoms with Crippen molar-refractivity contribution in [3.63, 3.8) is 0 Å². The summed E-state index contributed by atoms with van der Waals surface area (Å²) in [6.07, 6.45) is 3.96. The molecule has 1 saturated heterocycles. The second kappa shape index (κ2) is 4.39. The molecule has 0 aromatic carbocycles. The third kappa shape index (κ3) is 1.73. The molecule has 0 spiro atoms. The maximum Gasteiger partial charge on any atom is 0.255 e. The topological polar surface area (TPSA) is 46.3 Å². The number of aromatic nitrogens is 4. The van der Waals surface area contributed by atoms with Gasteiger partial charge in [0.2, 0.25) is 0 Å². The first kappa shape index (κ1) is 11.7. The van der Waals surface area contributed by atoms with E-state index < -0.39 is 0 Å². The van der Waals surface area contributed by atoms with Gasteiger partial charge >= 0.3 is 0 Å². The summed E-state index contributed by atoms with van der Waals surface area (Å²) >= 11 is 6.32. The van der Waals surface area contributed by atoms with E-state index in [1.807, 2.05) is 4.52 Å². The Kier molecular flexibility index (Phi) is 2.86. The molecule has 1 aliphatic rings. The summed E-state index contributed by atoms with van der Waals surface area (Å²) in [5.41, 5.74) is 1.07. The molecule has 0 radical (unpaired) electrons. The standard InChI is InChI=1S/C12H16ClN5/c1-8(2)9-10(13)16-12-14-7-15-18(12)11(9)17-5-3-4-6-17/h7-8H,3-6H2,1-2H3. The van der Waals surface area contributed by atoms with E-state index in [-0.39, 0.29) is 0 Å². The smallest absolute Gasteiger partial charge is 0.255 e. The second-order valence-corrected chi connectivity index (χ2v) is 5.32. The largest absolute Gasteiger partial charge is 0.356 e. The van der Waals surface area contributed by atoms with Gasteiger partial charge < -0.3 is 4.90 Å². The summed E-state index contributed by atoms with van der Waals surface area (Å²) < 4.78 is 1.81. The van der Waals surface area contributed by atoms with Gasteiger partial charge in [-0.3, -0.25) is 0 Å². The van der Waals surface area contributed by atoms with Gasteiger partial charge in [0.1, 0.15) is 17.3 Å². The van der Waals surface area contributed by atoms with Crippen molar-refractivity contribution in [2.75, 3.05) is 18.0 Å². The van der Waals surface area contributed by atoms with Gasteiger partial charge in [0.05, 0.1) is 0 Å². The molecule has 3 heterocycles. The van der Waals surface area contributed by atoms with E-state index in [4.69, 9.17) is 11.6 Å². The van der Waals surface area contributed by atoms with Crippen LogP contribution in [0.25, 0.3) is 5.78 Å². The van der Waals surface area contributed by atoms with Crippen LogP contribution in [-0.2, 0) is 0 Å². The van der Waals surface area contributed by atoms with E-state index >= 15 is 0 Å². The quantitative estimate of drug-likeness (QED) is 0.783. The van der Waals surface area contributed by atoms with Gasteiger partial charge in [0, 0.05) is 18.7 Å². The highest BCUT2D eigenvalue weighted by molar-refractivity contribution is 6.30. The number of hydrogen-bond donors (Lipinski definition) is 0. The van der Waals surface area contributed by atoms with Gasteiger partial charge in [-0.1, -0.05) is 25.4 Å². The Morgan fingerprint density at radius 3 is 2.67 bits per heavy atom. The lowest BCUT2D eigenvalue weighted by molar-refractivity contribution is 0.783. The molecule has 5 nitrogen and oxygen atoms in total. The van der Waals surface area contributed by atoms with Crippen molar-refractivity contribution in [3.8, 4) is 0 Å². The van der Waals surface area contributed by atoms with Crippen molar-refractivity contribution < 1.29 is 0 Å². The predicted octanol–water partition coefficient (Wildman–Crippen LogP) is 2.50. The van der Waals surface area contributed by atoms with E-state index in [2.05, 4.69) is 33.8 Å². The van der Waals surface area contributed by atoms with Crippen molar-refractivity contribution in [2.45, 2.75) is 32.6 Å². The Bertz CT molecular complexity index is 571. The molecule has 18 heavy (non-hydrogen) atoms. The Morgan fingerprint density at radius 2 is 2.00 bits per heavy atom. The normalized spacial score (nSPS) is 16.1.